The Kier molecular flexibility index (Phi) is 5.05. The van der Waals surface area contributed by atoms with Gasteiger partial charge in [0.1, 0.15) is 5.75 Å². The van der Waals surface area contributed by atoms with Gasteiger partial charge in [-0.05, 0) is 36.3 Å². The van der Waals surface area contributed by atoms with Crippen LogP contribution < -0.4 is 10.1 Å². The van der Waals surface area contributed by atoms with E-state index in [2.05, 4.69) is 5.32 Å². The summed E-state index contributed by atoms with van der Waals surface area (Å²) in [5, 5.41) is 3.53. The number of thiocarbonyl (C=S) groups is 1. The van der Waals surface area contributed by atoms with Gasteiger partial charge in [-0.3, -0.25) is 0 Å². The molecule has 0 aliphatic carbocycles. The predicted molar refractivity (Wildman–Crippen MR) is 87.3 cm³/mol. The first-order chi connectivity index (χ1) is 9.95. The lowest BCUT2D eigenvalue weighted by atomic mass is 10.1. The van der Waals surface area contributed by atoms with E-state index in [-0.39, 0.29) is 17.5 Å². The molecule has 0 amide bonds. The Labute approximate surface area is 131 Å². The fourth-order valence-corrected chi connectivity index (χ4v) is 4.40. The van der Waals surface area contributed by atoms with Crippen molar-refractivity contribution in [2.75, 3.05) is 25.7 Å². The molecular weight excluding hydrogens is 308 g/mol. The number of hydrogen-bond acceptors (Lipinski definition) is 4. The summed E-state index contributed by atoms with van der Waals surface area (Å²) in [5.74, 6) is 1.21. The number of benzene rings is 1. The van der Waals surface area contributed by atoms with E-state index >= 15 is 0 Å². The Morgan fingerprint density at radius 1 is 1.43 bits per heavy atom. The highest BCUT2D eigenvalue weighted by molar-refractivity contribution is 7.91. The van der Waals surface area contributed by atoms with Crippen molar-refractivity contribution in [3.63, 3.8) is 0 Å². The molecule has 116 valence electrons. The lowest BCUT2D eigenvalue weighted by Crippen LogP contribution is -2.44. The van der Waals surface area contributed by atoms with Crippen molar-refractivity contribution in [3.05, 3.63) is 29.8 Å². The fraction of sp³-hybridized carbons (Fsp3) is 0.500. The van der Waals surface area contributed by atoms with Crippen molar-refractivity contribution < 1.29 is 13.2 Å². The Morgan fingerprint density at radius 3 is 2.57 bits per heavy atom. The van der Waals surface area contributed by atoms with E-state index in [4.69, 9.17) is 17.0 Å². The van der Waals surface area contributed by atoms with E-state index in [0.717, 1.165) is 11.3 Å². The first-order valence-electron chi connectivity index (χ1n) is 6.77. The van der Waals surface area contributed by atoms with Gasteiger partial charge < -0.3 is 15.0 Å². The number of ether oxygens (including phenoxy) is 1. The van der Waals surface area contributed by atoms with E-state index in [1.807, 2.05) is 29.2 Å². The van der Waals surface area contributed by atoms with E-state index < -0.39 is 9.84 Å². The largest absolute Gasteiger partial charge is 0.497 e. The molecule has 1 aliphatic heterocycles. The van der Waals surface area contributed by atoms with Crippen LogP contribution in [-0.4, -0.2) is 50.1 Å². The Bertz CT molecular complexity index is 599. The smallest absolute Gasteiger partial charge is 0.169 e. The Balaban J connectivity index is 2.14. The summed E-state index contributed by atoms with van der Waals surface area (Å²) in [6, 6.07) is 7.65. The molecule has 5 nitrogen and oxygen atoms in total. The zero-order chi connectivity index (χ0) is 15.5. The second-order valence-corrected chi connectivity index (χ2v) is 7.70. The molecule has 0 unspecified atom stereocenters. The maximum absolute atomic E-state index is 11.7. The SMILES string of the molecule is CNC(=S)N(Cc1ccc(OC)cc1)[C@H]1CCS(=O)(=O)C1. The molecule has 0 bridgehead atoms. The van der Waals surface area contributed by atoms with Crippen LogP contribution in [0.15, 0.2) is 24.3 Å². The monoisotopic (exact) mass is 328 g/mol. The maximum atomic E-state index is 11.7. The van der Waals surface area contributed by atoms with E-state index in [0.29, 0.717) is 18.1 Å². The highest BCUT2D eigenvalue weighted by Gasteiger charge is 2.33. The van der Waals surface area contributed by atoms with Gasteiger partial charge in [-0.15, -0.1) is 0 Å². The molecule has 21 heavy (non-hydrogen) atoms. The summed E-state index contributed by atoms with van der Waals surface area (Å²) in [5.41, 5.74) is 1.07. The van der Waals surface area contributed by atoms with Crippen LogP contribution in [0.1, 0.15) is 12.0 Å². The molecule has 7 heteroatoms. The standard InChI is InChI=1S/C14H20N2O3S2/c1-15-14(20)16(12-7-8-21(17,18)10-12)9-11-3-5-13(19-2)6-4-11/h3-6,12H,7-10H2,1-2H3,(H,15,20)/t12-/m0/s1. The lowest BCUT2D eigenvalue weighted by Gasteiger charge is -2.30. The van der Waals surface area contributed by atoms with Crippen LogP contribution in [-0.2, 0) is 16.4 Å². The fourth-order valence-electron chi connectivity index (χ4n) is 2.46. The molecule has 2 rings (SSSR count). The van der Waals surface area contributed by atoms with Crippen LogP contribution in [0.5, 0.6) is 5.75 Å². The lowest BCUT2D eigenvalue weighted by molar-refractivity contribution is 0.324. The Hall–Kier alpha value is -1.34. The number of hydrogen-bond donors (Lipinski definition) is 1. The van der Waals surface area contributed by atoms with Crippen molar-refractivity contribution in [2.24, 2.45) is 0 Å². The molecule has 0 spiro atoms. The zero-order valence-electron chi connectivity index (χ0n) is 12.2. The van der Waals surface area contributed by atoms with Crippen molar-refractivity contribution in [3.8, 4) is 5.75 Å². The van der Waals surface area contributed by atoms with Crippen LogP contribution in [0.4, 0.5) is 0 Å². The number of rotatable bonds is 4. The van der Waals surface area contributed by atoms with Crippen molar-refractivity contribution in [1.82, 2.24) is 10.2 Å². The maximum Gasteiger partial charge on any atom is 0.169 e. The molecule has 1 N–H and O–H groups in total. The average molecular weight is 328 g/mol. The predicted octanol–water partition coefficient (Wildman–Crippen LogP) is 1.19. The van der Waals surface area contributed by atoms with Gasteiger partial charge in [0.05, 0.1) is 18.6 Å². The van der Waals surface area contributed by atoms with Crippen LogP contribution in [0, 0.1) is 0 Å². The van der Waals surface area contributed by atoms with E-state index in [1.165, 1.54) is 0 Å². The highest BCUT2D eigenvalue weighted by atomic mass is 32.2. The minimum Gasteiger partial charge on any atom is -0.497 e. The van der Waals surface area contributed by atoms with E-state index in [1.54, 1.807) is 14.2 Å². The molecule has 1 saturated heterocycles. The van der Waals surface area contributed by atoms with Crippen LogP contribution in [0.3, 0.4) is 0 Å². The first kappa shape index (κ1) is 16.0. The van der Waals surface area contributed by atoms with Gasteiger partial charge >= 0.3 is 0 Å². The van der Waals surface area contributed by atoms with Crippen molar-refractivity contribution >= 4 is 27.2 Å². The minimum absolute atomic E-state index is 0.0583. The van der Waals surface area contributed by atoms with Crippen LogP contribution >= 0.6 is 12.2 Å². The summed E-state index contributed by atoms with van der Waals surface area (Å²) in [7, 11) is 0.448. The molecule has 0 aromatic heterocycles. The summed E-state index contributed by atoms with van der Waals surface area (Å²) in [4.78, 5) is 1.96. The summed E-state index contributed by atoms with van der Waals surface area (Å²) >= 11 is 5.33. The van der Waals surface area contributed by atoms with Crippen LogP contribution in [0.2, 0.25) is 0 Å². The minimum atomic E-state index is -2.93. The molecule has 1 aliphatic rings. The van der Waals surface area contributed by atoms with Gasteiger partial charge in [-0.1, -0.05) is 12.1 Å². The topological polar surface area (TPSA) is 58.6 Å². The molecule has 0 radical (unpaired) electrons. The van der Waals surface area contributed by atoms with E-state index in [9.17, 15) is 8.42 Å². The number of nitrogens with zero attached hydrogens (tertiary/aromatic N) is 1. The second-order valence-electron chi connectivity index (χ2n) is 5.09. The number of methoxy groups -OCH3 is 1. The molecule has 1 fully saturated rings. The first-order valence-corrected chi connectivity index (χ1v) is 9.00. The second kappa shape index (κ2) is 6.62. The summed E-state index contributed by atoms with van der Waals surface area (Å²) < 4.78 is 28.5. The van der Waals surface area contributed by atoms with Gasteiger partial charge in [0.15, 0.2) is 14.9 Å². The summed E-state index contributed by atoms with van der Waals surface area (Å²) in [6.45, 7) is 0.587. The van der Waals surface area contributed by atoms with Crippen molar-refractivity contribution in [2.45, 2.75) is 19.0 Å². The van der Waals surface area contributed by atoms with Crippen molar-refractivity contribution in [1.29, 1.82) is 0 Å². The Morgan fingerprint density at radius 2 is 2.10 bits per heavy atom. The zero-order valence-corrected chi connectivity index (χ0v) is 13.8. The molecule has 1 heterocycles. The van der Waals surface area contributed by atoms with Gasteiger partial charge in [0.2, 0.25) is 0 Å². The van der Waals surface area contributed by atoms with Gasteiger partial charge in [-0.2, -0.15) is 0 Å². The molecule has 1 atom stereocenters. The molecule has 1 aromatic rings. The molecule has 0 saturated carbocycles. The summed E-state index contributed by atoms with van der Waals surface area (Å²) in [6.07, 6.45) is 0.625. The third kappa shape index (κ3) is 4.07. The van der Waals surface area contributed by atoms with Crippen LogP contribution in [0.25, 0.3) is 0 Å². The van der Waals surface area contributed by atoms with Gasteiger partial charge in [-0.25, -0.2) is 8.42 Å². The third-order valence-corrected chi connectivity index (χ3v) is 5.82. The highest BCUT2D eigenvalue weighted by Crippen LogP contribution is 2.21. The molecule has 1 aromatic carbocycles. The average Bonchev–Trinajstić information content (AvgIpc) is 2.84. The van der Waals surface area contributed by atoms with Gasteiger partial charge in [0.25, 0.3) is 0 Å². The number of nitrogens with one attached hydrogen (secondary N) is 1. The third-order valence-electron chi connectivity index (χ3n) is 3.64. The van der Waals surface area contributed by atoms with Gasteiger partial charge in [0, 0.05) is 19.6 Å². The quantitative estimate of drug-likeness (QED) is 0.838. The number of sulfone groups is 1. The molecular formula is C14H20N2O3S2. The normalized spacial score (nSPS) is 20.0.